The van der Waals surface area contributed by atoms with Crippen LogP contribution in [0, 0.1) is 0 Å². The van der Waals surface area contributed by atoms with Crippen LogP contribution in [-0.2, 0) is 16.8 Å². The summed E-state index contributed by atoms with van der Waals surface area (Å²) >= 11 is 0. The summed E-state index contributed by atoms with van der Waals surface area (Å²) in [4.78, 5) is 14.3. The largest absolute Gasteiger partial charge is 0.493 e. The number of ether oxygens (including phenoxy) is 3. The van der Waals surface area contributed by atoms with E-state index in [0.717, 1.165) is 67.3 Å². The molecule has 2 aliphatic heterocycles. The third kappa shape index (κ3) is 2.61. The van der Waals surface area contributed by atoms with Crippen LogP contribution in [0.5, 0.6) is 11.5 Å². The van der Waals surface area contributed by atoms with Gasteiger partial charge in [-0.25, -0.2) is 9.97 Å². The standard InChI is InChI=1S/C21H24N4O3/c1-26-17-11-14-4-10-28-21(16(14)12-18(17)27-2)5-8-25(9-6-21)20-15-3-7-22-19(15)23-13-24-20/h3,7,11-13H,4-6,8-10H2,1-2H3,(H,22,23,24). The molecule has 0 bridgehead atoms. The predicted molar refractivity (Wildman–Crippen MR) is 106 cm³/mol. The molecule has 2 aliphatic rings. The molecule has 0 atom stereocenters. The van der Waals surface area contributed by atoms with Gasteiger partial charge < -0.3 is 24.1 Å². The smallest absolute Gasteiger partial charge is 0.161 e. The Morgan fingerprint density at radius 2 is 1.89 bits per heavy atom. The van der Waals surface area contributed by atoms with Crippen LogP contribution in [0.4, 0.5) is 5.82 Å². The molecule has 0 unspecified atom stereocenters. The molecule has 1 saturated heterocycles. The number of rotatable bonds is 3. The van der Waals surface area contributed by atoms with Crippen molar-refractivity contribution in [3.05, 3.63) is 41.9 Å². The van der Waals surface area contributed by atoms with E-state index in [1.807, 2.05) is 12.3 Å². The van der Waals surface area contributed by atoms with Crippen LogP contribution in [0.15, 0.2) is 30.7 Å². The van der Waals surface area contributed by atoms with E-state index in [1.54, 1.807) is 20.5 Å². The van der Waals surface area contributed by atoms with Crippen LogP contribution in [0.2, 0.25) is 0 Å². The summed E-state index contributed by atoms with van der Waals surface area (Å²) in [5.74, 6) is 2.54. The van der Waals surface area contributed by atoms with Gasteiger partial charge in [-0.15, -0.1) is 0 Å². The Morgan fingerprint density at radius 3 is 2.68 bits per heavy atom. The lowest BCUT2D eigenvalue weighted by Gasteiger charge is -2.45. The summed E-state index contributed by atoms with van der Waals surface area (Å²) in [5.41, 5.74) is 3.15. The summed E-state index contributed by atoms with van der Waals surface area (Å²) in [7, 11) is 3.36. The molecule has 3 aromatic rings. The van der Waals surface area contributed by atoms with Crippen molar-refractivity contribution in [2.45, 2.75) is 24.9 Å². The summed E-state index contributed by atoms with van der Waals surface area (Å²) in [6.07, 6.45) is 6.25. The SMILES string of the molecule is COc1cc2c(cc1OC)C1(CCN(c3ncnc4[nH]ccc34)CC1)OCC2. The van der Waals surface area contributed by atoms with E-state index in [4.69, 9.17) is 14.2 Å². The van der Waals surface area contributed by atoms with Gasteiger partial charge >= 0.3 is 0 Å². The molecule has 0 radical (unpaired) electrons. The van der Waals surface area contributed by atoms with Crippen molar-refractivity contribution in [2.75, 3.05) is 38.8 Å². The molecule has 1 fully saturated rings. The highest BCUT2D eigenvalue weighted by Crippen LogP contribution is 2.45. The van der Waals surface area contributed by atoms with Gasteiger partial charge in [0.05, 0.1) is 31.8 Å². The van der Waals surface area contributed by atoms with E-state index in [2.05, 4.69) is 32.0 Å². The van der Waals surface area contributed by atoms with E-state index in [-0.39, 0.29) is 5.60 Å². The van der Waals surface area contributed by atoms with E-state index < -0.39 is 0 Å². The lowest BCUT2D eigenvalue weighted by molar-refractivity contribution is -0.0768. The minimum absolute atomic E-state index is 0.270. The Balaban J connectivity index is 1.46. The Hall–Kier alpha value is -2.80. The summed E-state index contributed by atoms with van der Waals surface area (Å²) in [5, 5.41) is 1.06. The second-order valence-corrected chi connectivity index (χ2v) is 7.38. The van der Waals surface area contributed by atoms with E-state index in [1.165, 1.54) is 11.1 Å². The minimum atomic E-state index is -0.270. The summed E-state index contributed by atoms with van der Waals surface area (Å²) in [6, 6.07) is 6.26. The lowest BCUT2D eigenvalue weighted by atomic mass is 9.79. The van der Waals surface area contributed by atoms with Crippen LogP contribution >= 0.6 is 0 Å². The molecular formula is C21H24N4O3. The fourth-order valence-electron chi connectivity index (χ4n) is 4.59. The van der Waals surface area contributed by atoms with Gasteiger partial charge in [0.25, 0.3) is 0 Å². The molecule has 5 rings (SSSR count). The molecule has 1 spiro atoms. The maximum atomic E-state index is 6.40. The lowest BCUT2D eigenvalue weighted by Crippen LogP contribution is -2.47. The molecule has 0 aliphatic carbocycles. The number of hydrogen-bond acceptors (Lipinski definition) is 6. The van der Waals surface area contributed by atoms with Crippen LogP contribution in [0.3, 0.4) is 0 Å². The average molecular weight is 380 g/mol. The zero-order valence-corrected chi connectivity index (χ0v) is 16.2. The quantitative estimate of drug-likeness (QED) is 0.753. The number of hydrogen-bond donors (Lipinski definition) is 1. The minimum Gasteiger partial charge on any atom is -0.493 e. The first-order valence-electron chi connectivity index (χ1n) is 9.66. The molecule has 28 heavy (non-hydrogen) atoms. The zero-order chi connectivity index (χ0) is 19.1. The first kappa shape index (κ1) is 17.3. The molecule has 0 saturated carbocycles. The molecule has 146 valence electrons. The third-order valence-electron chi connectivity index (χ3n) is 6.05. The van der Waals surface area contributed by atoms with Crippen molar-refractivity contribution >= 4 is 16.9 Å². The van der Waals surface area contributed by atoms with Gasteiger partial charge in [-0.3, -0.25) is 0 Å². The molecule has 7 heteroatoms. The van der Waals surface area contributed by atoms with E-state index in [0.29, 0.717) is 0 Å². The van der Waals surface area contributed by atoms with Crippen molar-refractivity contribution in [2.24, 2.45) is 0 Å². The van der Waals surface area contributed by atoms with Crippen LogP contribution in [0.25, 0.3) is 11.0 Å². The second kappa shape index (κ2) is 6.67. The summed E-state index contributed by atoms with van der Waals surface area (Å²) in [6.45, 7) is 2.49. The zero-order valence-electron chi connectivity index (χ0n) is 16.2. The van der Waals surface area contributed by atoms with Crippen molar-refractivity contribution < 1.29 is 14.2 Å². The number of benzene rings is 1. The Kier molecular flexibility index (Phi) is 4.12. The summed E-state index contributed by atoms with van der Waals surface area (Å²) < 4.78 is 17.5. The number of fused-ring (bicyclic) bond motifs is 3. The maximum absolute atomic E-state index is 6.40. The maximum Gasteiger partial charge on any atom is 0.161 e. The second-order valence-electron chi connectivity index (χ2n) is 7.38. The van der Waals surface area contributed by atoms with Crippen molar-refractivity contribution in [3.63, 3.8) is 0 Å². The molecule has 2 aromatic heterocycles. The fraction of sp³-hybridized carbons (Fsp3) is 0.429. The van der Waals surface area contributed by atoms with Crippen LogP contribution < -0.4 is 14.4 Å². The van der Waals surface area contributed by atoms with Crippen molar-refractivity contribution in [1.82, 2.24) is 15.0 Å². The van der Waals surface area contributed by atoms with Gasteiger partial charge in [-0.1, -0.05) is 0 Å². The molecule has 7 nitrogen and oxygen atoms in total. The highest BCUT2D eigenvalue weighted by molar-refractivity contribution is 5.87. The van der Waals surface area contributed by atoms with Gasteiger partial charge in [0, 0.05) is 19.3 Å². The highest BCUT2D eigenvalue weighted by atomic mass is 16.5. The number of nitrogens with zero attached hydrogens (tertiary/aromatic N) is 3. The first-order chi connectivity index (χ1) is 13.7. The Labute approximate surface area is 163 Å². The number of methoxy groups -OCH3 is 2. The van der Waals surface area contributed by atoms with Crippen molar-refractivity contribution in [1.29, 1.82) is 0 Å². The van der Waals surface area contributed by atoms with Crippen LogP contribution in [0.1, 0.15) is 24.0 Å². The van der Waals surface area contributed by atoms with E-state index >= 15 is 0 Å². The highest BCUT2D eigenvalue weighted by Gasteiger charge is 2.42. The molecular weight excluding hydrogens is 356 g/mol. The number of aromatic amines is 1. The molecule has 1 N–H and O–H groups in total. The number of H-pyrrole nitrogens is 1. The Morgan fingerprint density at radius 1 is 1.11 bits per heavy atom. The molecule has 4 heterocycles. The number of aromatic nitrogens is 3. The normalized spacial score (nSPS) is 18.3. The predicted octanol–water partition coefficient (Wildman–Crippen LogP) is 3.04. The number of anilines is 1. The van der Waals surface area contributed by atoms with Gasteiger partial charge in [0.15, 0.2) is 11.5 Å². The van der Waals surface area contributed by atoms with Gasteiger partial charge in [-0.05, 0) is 48.6 Å². The van der Waals surface area contributed by atoms with Crippen LogP contribution in [-0.4, -0.2) is 48.9 Å². The Bertz CT molecular complexity index is 1010. The topological polar surface area (TPSA) is 72.5 Å². The van der Waals surface area contributed by atoms with Gasteiger partial charge in [0.1, 0.15) is 17.8 Å². The number of piperidine rings is 1. The number of nitrogens with one attached hydrogen (secondary N) is 1. The van der Waals surface area contributed by atoms with Gasteiger partial charge in [-0.2, -0.15) is 0 Å². The fourth-order valence-corrected chi connectivity index (χ4v) is 4.59. The van der Waals surface area contributed by atoms with Gasteiger partial charge in [0.2, 0.25) is 0 Å². The molecule has 0 amide bonds. The third-order valence-corrected chi connectivity index (χ3v) is 6.05. The molecule has 1 aromatic carbocycles. The monoisotopic (exact) mass is 380 g/mol. The van der Waals surface area contributed by atoms with Crippen molar-refractivity contribution in [3.8, 4) is 11.5 Å². The first-order valence-corrected chi connectivity index (χ1v) is 9.66. The van der Waals surface area contributed by atoms with E-state index in [9.17, 15) is 0 Å². The average Bonchev–Trinajstić information content (AvgIpc) is 3.23.